The Morgan fingerprint density at radius 2 is 1.79 bits per heavy atom. The fraction of sp³-hybridized carbons (Fsp3) is 0.273. The summed E-state index contributed by atoms with van der Waals surface area (Å²) in [5, 5.41) is 10.2. The van der Waals surface area contributed by atoms with Crippen molar-refractivity contribution in [3.05, 3.63) is 75.7 Å². The van der Waals surface area contributed by atoms with E-state index < -0.39 is 5.97 Å². The molecule has 3 rings (SSSR count). The van der Waals surface area contributed by atoms with E-state index in [4.69, 9.17) is 4.74 Å². The molecule has 1 amide bonds. The molecule has 1 heterocycles. The maximum atomic E-state index is 12.2. The molecule has 0 radical (unpaired) electrons. The van der Waals surface area contributed by atoms with E-state index in [-0.39, 0.29) is 30.5 Å². The van der Waals surface area contributed by atoms with Gasteiger partial charge in [0.2, 0.25) is 0 Å². The first-order valence-corrected chi connectivity index (χ1v) is 9.45. The quantitative estimate of drug-likeness (QED) is 0.601. The predicted molar refractivity (Wildman–Crippen MR) is 109 cm³/mol. The van der Waals surface area contributed by atoms with Crippen LogP contribution in [0.15, 0.2) is 53.3 Å². The molecule has 1 aromatic heterocycles. The van der Waals surface area contributed by atoms with Crippen molar-refractivity contribution in [2.75, 3.05) is 6.61 Å². The number of amides is 1. The SMILES string of the molecule is CC[C@H](NC(=O)COC(=O)Cc1n[nH]c(=O)c2ccccc12)c1ccc(C)cc1. The summed E-state index contributed by atoms with van der Waals surface area (Å²) in [6.07, 6.45) is 0.579. The standard InChI is InChI=1S/C22H23N3O4/c1-3-18(15-10-8-14(2)9-11-15)23-20(26)13-29-21(27)12-19-16-6-4-5-7-17(16)22(28)25-24-19/h4-11,18H,3,12-13H2,1-2H3,(H,23,26)(H,25,28)/t18-/m0/s1. The number of aromatic amines is 1. The smallest absolute Gasteiger partial charge is 0.312 e. The molecule has 1 atom stereocenters. The minimum absolute atomic E-state index is 0.139. The number of esters is 1. The van der Waals surface area contributed by atoms with Crippen LogP contribution in [0.4, 0.5) is 0 Å². The number of nitrogens with zero attached hydrogens (tertiary/aromatic N) is 1. The molecule has 0 unspecified atom stereocenters. The van der Waals surface area contributed by atoms with E-state index >= 15 is 0 Å². The second-order valence-corrected chi connectivity index (χ2v) is 6.82. The van der Waals surface area contributed by atoms with Crippen LogP contribution >= 0.6 is 0 Å². The van der Waals surface area contributed by atoms with E-state index in [1.807, 2.05) is 38.1 Å². The van der Waals surface area contributed by atoms with E-state index in [0.29, 0.717) is 16.5 Å². The predicted octanol–water partition coefficient (Wildman–Crippen LogP) is 2.58. The van der Waals surface area contributed by atoms with Crippen molar-refractivity contribution in [3.8, 4) is 0 Å². The van der Waals surface area contributed by atoms with Crippen LogP contribution in [0.3, 0.4) is 0 Å². The molecule has 29 heavy (non-hydrogen) atoms. The zero-order chi connectivity index (χ0) is 20.8. The molecule has 0 aliphatic carbocycles. The Labute approximate surface area is 168 Å². The summed E-state index contributed by atoms with van der Waals surface area (Å²) in [4.78, 5) is 36.2. The van der Waals surface area contributed by atoms with Crippen LogP contribution in [0.5, 0.6) is 0 Å². The van der Waals surface area contributed by atoms with Crippen molar-refractivity contribution >= 4 is 22.6 Å². The van der Waals surface area contributed by atoms with Crippen molar-refractivity contribution < 1.29 is 14.3 Å². The van der Waals surface area contributed by atoms with Crippen molar-refractivity contribution in [2.45, 2.75) is 32.7 Å². The van der Waals surface area contributed by atoms with Gasteiger partial charge in [-0.25, -0.2) is 5.10 Å². The van der Waals surface area contributed by atoms with Gasteiger partial charge >= 0.3 is 5.97 Å². The van der Waals surface area contributed by atoms with Gasteiger partial charge in [-0.05, 0) is 25.0 Å². The van der Waals surface area contributed by atoms with E-state index in [1.165, 1.54) is 0 Å². The van der Waals surface area contributed by atoms with Gasteiger partial charge in [-0.15, -0.1) is 0 Å². The molecule has 7 nitrogen and oxygen atoms in total. The number of H-pyrrole nitrogens is 1. The first-order valence-electron chi connectivity index (χ1n) is 9.45. The first-order chi connectivity index (χ1) is 14.0. The Bertz CT molecular complexity index is 1070. The lowest BCUT2D eigenvalue weighted by Crippen LogP contribution is -2.32. The fourth-order valence-electron chi connectivity index (χ4n) is 3.10. The third-order valence-corrected chi connectivity index (χ3v) is 4.67. The number of rotatable bonds is 7. The summed E-state index contributed by atoms with van der Waals surface area (Å²) in [6.45, 7) is 3.61. The fourth-order valence-corrected chi connectivity index (χ4v) is 3.10. The van der Waals surface area contributed by atoms with E-state index in [2.05, 4.69) is 15.5 Å². The summed E-state index contributed by atoms with van der Waals surface area (Å²) >= 11 is 0. The van der Waals surface area contributed by atoms with Crippen LogP contribution in [0.25, 0.3) is 10.8 Å². The number of hydrogen-bond donors (Lipinski definition) is 2. The van der Waals surface area contributed by atoms with Crippen molar-refractivity contribution in [1.82, 2.24) is 15.5 Å². The summed E-state index contributed by atoms with van der Waals surface area (Å²) in [5.74, 6) is -0.960. The molecule has 0 saturated carbocycles. The molecule has 0 aliphatic rings. The highest BCUT2D eigenvalue weighted by molar-refractivity contribution is 5.87. The molecule has 0 bridgehead atoms. The molecule has 150 valence electrons. The summed E-state index contributed by atoms with van der Waals surface area (Å²) < 4.78 is 5.10. The number of nitrogens with one attached hydrogen (secondary N) is 2. The van der Waals surface area contributed by atoms with Gasteiger partial charge in [0, 0.05) is 5.39 Å². The zero-order valence-electron chi connectivity index (χ0n) is 16.4. The summed E-state index contributed by atoms with van der Waals surface area (Å²) in [6, 6.07) is 14.7. The number of carbonyl (C=O) groups excluding carboxylic acids is 2. The van der Waals surface area contributed by atoms with Gasteiger partial charge in [0.1, 0.15) is 0 Å². The maximum Gasteiger partial charge on any atom is 0.312 e. The Morgan fingerprint density at radius 3 is 2.48 bits per heavy atom. The van der Waals surface area contributed by atoms with Crippen molar-refractivity contribution in [3.63, 3.8) is 0 Å². The van der Waals surface area contributed by atoms with Gasteiger partial charge in [-0.1, -0.05) is 55.0 Å². The highest BCUT2D eigenvalue weighted by Crippen LogP contribution is 2.17. The largest absolute Gasteiger partial charge is 0.455 e. The number of fused-ring (bicyclic) bond motifs is 1. The maximum absolute atomic E-state index is 12.2. The lowest BCUT2D eigenvalue weighted by Gasteiger charge is -2.17. The Kier molecular flexibility index (Phi) is 6.39. The second-order valence-electron chi connectivity index (χ2n) is 6.82. The molecule has 2 N–H and O–H groups in total. The lowest BCUT2D eigenvalue weighted by atomic mass is 10.0. The number of carbonyl (C=O) groups is 2. The van der Waals surface area contributed by atoms with Crippen molar-refractivity contribution in [1.29, 1.82) is 0 Å². The highest BCUT2D eigenvalue weighted by atomic mass is 16.5. The minimum atomic E-state index is -0.590. The average molecular weight is 393 g/mol. The van der Waals surface area contributed by atoms with E-state index in [9.17, 15) is 14.4 Å². The Balaban J connectivity index is 1.58. The number of hydrogen-bond acceptors (Lipinski definition) is 5. The molecule has 3 aromatic rings. The van der Waals surface area contributed by atoms with Crippen molar-refractivity contribution in [2.24, 2.45) is 0 Å². The van der Waals surface area contributed by atoms with Crippen LogP contribution in [0.1, 0.15) is 36.2 Å². The average Bonchev–Trinajstić information content (AvgIpc) is 2.73. The topological polar surface area (TPSA) is 101 Å². The van der Waals surface area contributed by atoms with Crippen LogP contribution in [-0.4, -0.2) is 28.7 Å². The monoisotopic (exact) mass is 393 g/mol. The molecule has 2 aromatic carbocycles. The van der Waals surface area contributed by atoms with Crippen LogP contribution < -0.4 is 10.9 Å². The van der Waals surface area contributed by atoms with Gasteiger partial charge in [0.05, 0.1) is 23.5 Å². The molecule has 0 spiro atoms. The summed E-state index contributed by atoms with van der Waals surface area (Å²) in [7, 11) is 0. The molecule has 0 saturated heterocycles. The van der Waals surface area contributed by atoms with Gasteiger partial charge in [-0.2, -0.15) is 5.10 Å². The molecule has 7 heteroatoms. The number of aromatic nitrogens is 2. The van der Waals surface area contributed by atoms with E-state index in [0.717, 1.165) is 17.5 Å². The zero-order valence-corrected chi connectivity index (χ0v) is 16.4. The Morgan fingerprint density at radius 1 is 1.10 bits per heavy atom. The Hall–Kier alpha value is -3.48. The van der Waals surface area contributed by atoms with Gasteiger partial charge in [0.15, 0.2) is 6.61 Å². The molecule has 0 fully saturated rings. The normalized spacial score (nSPS) is 11.8. The van der Waals surface area contributed by atoms with Gasteiger partial charge < -0.3 is 10.1 Å². The molecule has 0 aliphatic heterocycles. The molecular weight excluding hydrogens is 370 g/mol. The lowest BCUT2D eigenvalue weighted by molar-refractivity contribution is -0.148. The van der Waals surface area contributed by atoms with Gasteiger partial charge in [0.25, 0.3) is 11.5 Å². The molecular formula is C22H23N3O4. The third kappa shape index (κ3) is 5.07. The van der Waals surface area contributed by atoms with Crippen LogP contribution in [-0.2, 0) is 20.7 Å². The van der Waals surface area contributed by atoms with E-state index in [1.54, 1.807) is 24.3 Å². The number of ether oxygens (including phenoxy) is 1. The first kappa shape index (κ1) is 20.3. The van der Waals surface area contributed by atoms with Gasteiger partial charge in [-0.3, -0.25) is 14.4 Å². The summed E-state index contributed by atoms with van der Waals surface area (Å²) in [5.41, 5.74) is 2.23. The highest BCUT2D eigenvalue weighted by Gasteiger charge is 2.16. The minimum Gasteiger partial charge on any atom is -0.455 e. The second kappa shape index (κ2) is 9.14. The third-order valence-electron chi connectivity index (χ3n) is 4.67. The number of aryl methyl sites for hydroxylation is 1. The van der Waals surface area contributed by atoms with Crippen LogP contribution in [0.2, 0.25) is 0 Å². The number of benzene rings is 2. The van der Waals surface area contributed by atoms with Crippen LogP contribution in [0, 0.1) is 6.92 Å².